The third kappa shape index (κ3) is 2.30. The lowest BCUT2D eigenvalue weighted by Gasteiger charge is -2.12. The van der Waals surface area contributed by atoms with E-state index in [0.29, 0.717) is 6.42 Å². The number of hydrogen-bond donors (Lipinski definition) is 2. The maximum atomic E-state index is 8.69. The maximum Gasteiger partial charge on any atom is 0.106 e. The van der Waals surface area contributed by atoms with Crippen molar-refractivity contribution in [2.75, 3.05) is 6.61 Å². The molecule has 0 heterocycles. The number of rotatable bonds is 4. The molecule has 3 nitrogen and oxygen atoms in total. The summed E-state index contributed by atoms with van der Waals surface area (Å²) in [5.41, 5.74) is 0.994. The van der Waals surface area contributed by atoms with Crippen LogP contribution >= 0.6 is 0 Å². The molecule has 1 rings (SSSR count). The van der Waals surface area contributed by atoms with Crippen molar-refractivity contribution in [3.63, 3.8) is 0 Å². The highest BCUT2D eigenvalue weighted by atomic mass is 16.6. The zero-order chi connectivity index (χ0) is 8.81. The molecular weight excluding hydrogens is 154 g/mol. The minimum absolute atomic E-state index is 0.0801. The van der Waals surface area contributed by atoms with Crippen LogP contribution in [0, 0.1) is 0 Å². The standard InChI is InChI=1S/C9H13NO2/c10-12-9(6-7-11)8-4-2-1-3-5-8/h1-5,9,11H,6-7,10H2. The van der Waals surface area contributed by atoms with Crippen molar-refractivity contribution in [2.24, 2.45) is 5.90 Å². The highest BCUT2D eigenvalue weighted by Crippen LogP contribution is 2.17. The number of benzene rings is 1. The second-order valence-electron chi connectivity index (χ2n) is 2.55. The molecule has 3 heteroatoms. The Kier molecular flexibility index (Phi) is 3.73. The van der Waals surface area contributed by atoms with E-state index < -0.39 is 0 Å². The SMILES string of the molecule is NOC(CCO)c1ccccc1. The van der Waals surface area contributed by atoms with Gasteiger partial charge in [-0.25, -0.2) is 5.90 Å². The molecule has 0 saturated carbocycles. The van der Waals surface area contributed by atoms with Crippen molar-refractivity contribution in [2.45, 2.75) is 12.5 Å². The predicted octanol–water partition coefficient (Wildman–Crippen LogP) is 1.00. The van der Waals surface area contributed by atoms with Crippen molar-refractivity contribution < 1.29 is 9.94 Å². The van der Waals surface area contributed by atoms with E-state index in [2.05, 4.69) is 0 Å². The smallest absolute Gasteiger partial charge is 0.106 e. The van der Waals surface area contributed by atoms with Crippen LogP contribution in [0.2, 0.25) is 0 Å². The van der Waals surface area contributed by atoms with E-state index in [1.807, 2.05) is 30.3 Å². The van der Waals surface area contributed by atoms with E-state index in [9.17, 15) is 0 Å². The summed E-state index contributed by atoms with van der Waals surface area (Å²) in [5.74, 6) is 5.08. The zero-order valence-electron chi connectivity index (χ0n) is 6.81. The third-order valence-electron chi connectivity index (χ3n) is 1.73. The van der Waals surface area contributed by atoms with E-state index in [1.165, 1.54) is 0 Å². The molecule has 0 saturated heterocycles. The molecule has 66 valence electrons. The lowest BCUT2D eigenvalue weighted by atomic mass is 10.1. The van der Waals surface area contributed by atoms with Crippen molar-refractivity contribution in [3.8, 4) is 0 Å². The summed E-state index contributed by atoms with van der Waals surface area (Å²) in [5, 5.41) is 8.69. The molecule has 0 aliphatic rings. The van der Waals surface area contributed by atoms with Crippen molar-refractivity contribution in [1.29, 1.82) is 0 Å². The van der Waals surface area contributed by atoms with Crippen molar-refractivity contribution >= 4 is 0 Å². The number of aliphatic hydroxyl groups is 1. The molecule has 1 aromatic rings. The average Bonchev–Trinajstić information content (AvgIpc) is 2.15. The van der Waals surface area contributed by atoms with Crippen LogP contribution in [0.15, 0.2) is 30.3 Å². The fraction of sp³-hybridized carbons (Fsp3) is 0.333. The van der Waals surface area contributed by atoms with Gasteiger partial charge < -0.3 is 5.11 Å². The Morgan fingerprint density at radius 3 is 2.50 bits per heavy atom. The Balaban J connectivity index is 2.66. The molecular formula is C9H13NO2. The fourth-order valence-corrected chi connectivity index (χ4v) is 1.10. The molecule has 12 heavy (non-hydrogen) atoms. The predicted molar refractivity (Wildman–Crippen MR) is 46.2 cm³/mol. The van der Waals surface area contributed by atoms with Gasteiger partial charge in [0.2, 0.25) is 0 Å². The maximum absolute atomic E-state index is 8.69. The van der Waals surface area contributed by atoms with Gasteiger partial charge in [-0.2, -0.15) is 0 Å². The average molecular weight is 167 g/mol. The molecule has 1 aromatic carbocycles. The molecule has 0 aliphatic heterocycles. The normalized spacial score (nSPS) is 12.8. The largest absolute Gasteiger partial charge is 0.396 e. The van der Waals surface area contributed by atoms with Crippen LogP contribution in [0.4, 0.5) is 0 Å². The van der Waals surface area contributed by atoms with Crippen LogP contribution in [0.3, 0.4) is 0 Å². The number of aliphatic hydroxyl groups excluding tert-OH is 1. The highest BCUT2D eigenvalue weighted by molar-refractivity contribution is 5.17. The molecule has 0 fully saturated rings. The lowest BCUT2D eigenvalue weighted by Crippen LogP contribution is -2.10. The Morgan fingerprint density at radius 2 is 2.00 bits per heavy atom. The van der Waals surface area contributed by atoms with Gasteiger partial charge in [0.05, 0.1) is 0 Å². The molecule has 1 unspecified atom stereocenters. The number of nitrogens with two attached hydrogens (primary N) is 1. The summed E-state index contributed by atoms with van der Waals surface area (Å²) in [7, 11) is 0. The van der Waals surface area contributed by atoms with Gasteiger partial charge in [0.1, 0.15) is 6.10 Å². The van der Waals surface area contributed by atoms with Gasteiger partial charge in [0.25, 0.3) is 0 Å². The minimum Gasteiger partial charge on any atom is -0.396 e. The first-order chi connectivity index (χ1) is 5.88. The van der Waals surface area contributed by atoms with E-state index in [4.69, 9.17) is 15.8 Å². The van der Waals surface area contributed by atoms with E-state index >= 15 is 0 Å². The Bertz CT molecular complexity index is 213. The van der Waals surface area contributed by atoms with Crippen LogP contribution in [0.5, 0.6) is 0 Å². The summed E-state index contributed by atoms with van der Waals surface area (Å²) in [6.45, 7) is 0.0801. The van der Waals surface area contributed by atoms with Gasteiger partial charge in [-0.05, 0) is 5.56 Å². The van der Waals surface area contributed by atoms with E-state index in [0.717, 1.165) is 5.56 Å². The molecule has 1 atom stereocenters. The van der Waals surface area contributed by atoms with Gasteiger partial charge in [-0.15, -0.1) is 0 Å². The molecule has 0 aromatic heterocycles. The lowest BCUT2D eigenvalue weighted by molar-refractivity contribution is 0.0342. The van der Waals surface area contributed by atoms with Gasteiger partial charge in [-0.1, -0.05) is 30.3 Å². The zero-order valence-corrected chi connectivity index (χ0v) is 6.81. The highest BCUT2D eigenvalue weighted by Gasteiger charge is 2.08. The molecule has 3 N–H and O–H groups in total. The van der Waals surface area contributed by atoms with Crippen molar-refractivity contribution in [1.82, 2.24) is 0 Å². The van der Waals surface area contributed by atoms with Gasteiger partial charge in [0.15, 0.2) is 0 Å². The Morgan fingerprint density at radius 1 is 1.33 bits per heavy atom. The van der Waals surface area contributed by atoms with Crippen LogP contribution < -0.4 is 5.90 Å². The second kappa shape index (κ2) is 4.87. The van der Waals surface area contributed by atoms with Crippen molar-refractivity contribution in [3.05, 3.63) is 35.9 Å². The van der Waals surface area contributed by atoms with Gasteiger partial charge in [0, 0.05) is 13.0 Å². The summed E-state index contributed by atoms with van der Waals surface area (Å²) in [4.78, 5) is 4.72. The fourth-order valence-electron chi connectivity index (χ4n) is 1.10. The summed E-state index contributed by atoms with van der Waals surface area (Å²) in [6.07, 6.45) is 0.330. The van der Waals surface area contributed by atoms with Gasteiger partial charge >= 0.3 is 0 Å². The summed E-state index contributed by atoms with van der Waals surface area (Å²) in [6, 6.07) is 9.61. The molecule has 0 bridgehead atoms. The third-order valence-corrected chi connectivity index (χ3v) is 1.73. The minimum atomic E-state index is -0.198. The van der Waals surface area contributed by atoms with E-state index in [-0.39, 0.29) is 12.7 Å². The quantitative estimate of drug-likeness (QED) is 0.658. The Hall–Kier alpha value is -0.900. The Labute approximate surface area is 71.7 Å². The first kappa shape index (κ1) is 9.19. The van der Waals surface area contributed by atoms with Crippen LogP contribution in [-0.4, -0.2) is 11.7 Å². The summed E-state index contributed by atoms with van der Waals surface area (Å²) < 4.78 is 0. The molecule has 0 amide bonds. The monoisotopic (exact) mass is 167 g/mol. The van der Waals surface area contributed by atoms with Crippen LogP contribution in [0.25, 0.3) is 0 Å². The second-order valence-corrected chi connectivity index (χ2v) is 2.55. The molecule has 0 radical (unpaired) electrons. The van der Waals surface area contributed by atoms with Crippen LogP contribution in [0.1, 0.15) is 18.1 Å². The van der Waals surface area contributed by atoms with Gasteiger partial charge in [-0.3, -0.25) is 4.84 Å². The number of hydrogen-bond acceptors (Lipinski definition) is 3. The topological polar surface area (TPSA) is 55.5 Å². The summed E-state index contributed by atoms with van der Waals surface area (Å²) >= 11 is 0. The van der Waals surface area contributed by atoms with E-state index in [1.54, 1.807) is 0 Å². The van der Waals surface area contributed by atoms with Crippen LogP contribution in [-0.2, 0) is 4.84 Å². The molecule has 0 spiro atoms. The molecule has 0 aliphatic carbocycles. The first-order valence-electron chi connectivity index (χ1n) is 3.90. The first-order valence-corrected chi connectivity index (χ1v) is 3.90.